The van der Waals surface area contributed by atoms with Crippen molar-refractivity contribution >= 4 is 17.8 Å². The minimum atomic E-state index is -5.08. The van der Waals surface area contributed by atoms with Crippen LogP contribution in [0.1, 0.15) is 72.0 Å². The van der Waals surface area contributed by atoms with Crippen LogP contribution in [0.5, 0.6) is 5.75 Å². The summed E-state index contributed by atoms with van der Waals surface area (Å²) in [7, 11) is 0. The molecule has 3 N–H and O–H groups in total. The molecular weight excluding hydrogens is 748 g/mol. The van der Waals surface area contributed by atoms with Crippen LogP contribution >= 0.6 is 0 Å². The van der Waals surface area contributed by atoms with Crippen LogP contribution in [0.15, 0.2) is 103 Å². The molecule has 9 nitrogen and oxygen atoms in total. The second-order valence-electron chi connectivity index (χ2n) is 15.2. The Hall–Kier alpha value is -5.20. The summed E-state index contributed by atoms with van der Waals surface area (Å²) in [5.41, 5.74) is 5.81. The Morgan fingerprint density at radius 1 is 0.759 bits per heavy atom. The number of carbonyl (C=O) groups excluding carboxylic acids is 2. The van der Waals surface area contributed by atoms with E-state index in [2.05, 4.69) is 23.5 Å². The van der Waals surface area contributed by atoms with Gasteiger partial charge < -0.3 is 30.1 Å². The zero-order valence-corrected chi connectivity index (χ0v) is 32.8. The van der Waals surface area contributed by atoms with E-state index in [-0.39, 0.29) is 24.2 Å². The third kappa shape index (κ3) is 14.3. The lowest BCUT2D eigenvalue weighted by molar-refractivity contribution is -0.192. The predicted molar refractivity (Wildman–Crippen MR) is 217 cm³/mol. The number of carboxylic acid groups (broad SMARTS) is 1. The third-order valence-electron chi connectivity index (χ3n) is 10.9. The molecule has 0 atom stereocenters. The van der Waals surface area contributed by atoms with Crippen molar-refractivity contribution in [2.45, 2.75) is 70.7 Å². The highest BCUT2D eigenvalue weighted by Crippen LogP contribution is 2.28. The lowest BCUT2D eigenvalue weighted by Crippen LogP contribution is -2.38. The Labute approximate surface area is 338 Å². The number of aliphatic carboxylic acids is 1. The number of nitrogens with zero attached hydrogens (tertiary/aromatic N) is 2. The van der Waals surface area contributed by atoms with Crippen LogP contribution < -0.4 is 5.32 Å². The smallest absolute Gasteiger partial charge is 0.490 e. The van der Waals surface area contributed by atoms with E-state index in [1.807, 2.05) is 82.6 Å². The number of phenols is 1. The zero-order valence-electron chi connectivity index (χ0n) is 32.8. The Morgan fingerprint density at radius 3 is 2.02 bits per heavy atom. The highest BCUT2D eigenvalue weighted by molar-refractivity contribution is 5.95. The van der Waals surface area contributed by atoms with Gasteiger partial charge in [0.25, 0.3) is 5.91 Å². The van der Waals surface area contributed by atoms with Gasteiger partial charge in [-0.15, -0.1) is 0 Å². The van der Waals surface area contributed by atoms with Gasteiger partial charge in [0, 0.05) is 31.7 Å². The number of benzene rings is 4. The van der Waals surface area contributed by atoms with E-state index in [0.29, 0.717) is 26.1 Å². The quantitative estimate of drug-likeness (QED) is 0.110. The first kappa shape index (κ1) is 43.9. The number of rotatable bonds is 15. The van der Waals surface area contributed by atoms with Crippen molar-refractivity contribution in [3.05, 3.63) is 125 Å². The van der Waals surface area contributed by atoms with Gasteiger partial charge in [-0.25, -0.2) is 4.79 Å². The SMILES string of the molecule is O=C(COCc1ccccc1)N(CCc1ccc(O)cc1)Cc1cccc(-c2cccc(C(=O)N3CCC(CCCC4CCNCC4)CC3)c2)c1.O=C(O)C(F)(F)F. The van der Waals surface area contributed by atoms with E-state index in [1.165, 1.54) is 45.2 Å². The number of carboxylic acids is 1. The summed E-state index contributed by atoms with van der Waals surface area (Å²) in [5.74, 6) is -0.873. The number of amides is 2. The summed E-state index contributed by atoms with van der Waals surface area (Å²) in [4.78, 5) is 39.9. The molecule has 2 fully saturated rings. The molecule has 0 spiro atoms. The van der Waals surface area contributed by atoms with Crippen LogP contribution in [0.2, 0.25) is 0 Å². The third-order valence-corrected chi connectivity index (χ3v) is 10.9. The average molecular weight is 802 g/mol. The maximum Gasteiger partial charge on any atom is 0.490 e. The van der Waals surface area contributed by atoms with Gasteiger partial charge in [-0.2, -0.15) is 13.2 Å². The van der Waals surface area contributed by atoms with Crippen molar-refractivity contribution in [1.82, 2.24) is 15.1 Å². The molecule has 2 saturated heterocycles. The van der Waals surface area contributed by atoms with E-state index in [0.717, 1.165) is 71.1 Å². The number of hydrogen-bond acceptors (Lipinski definition) is 6. The predicted octanol–water partition coefficient (Wildman–Crippen LogP) is 8.50. The lowest BCUT2D eigenvalue weighted by Gasteiger charge is -2.32. The highest BCUT2D eigenvalue weighted by atomic mass is 19.4. The molecule has 2 aliphatic rings. The molecule has 0 radical (unpaired) electrons. The van der Waals surface area contributed by atoms with Crippen LogP contribution in [-0.2, 0) is 33.9 Å². The fourth-order valence-electron chi connectivity index (χ4n) is 7.51. The van der Waals surface area contributed by atoms with Crippen LogP contribution in [0.25, 0.3) is 11.1 Å². The number of halogens is 3. The maximum absolute atomic E-state index is 13.6. The maximum atomic E-state index is 13.6. The summed E-state index contributed by atoms with van der Waals surface area (Å²) in [6, 6.07) is 33.2. The molecule has 6 rings (SSSR count). The number of hydrogen-bond donors (Lipinski definition) is 3. The number of aromatic hydroxyl groups is 1. The summed E-state index contributed by atoms with van der Waals surface area (Å²) < 4.78 is 37.6. The van der Waals surface area contributed by atoms with Gasteiger partial charge in [0.15, 0.2) is 0 Å². The molecule has 4 aromatic carbocycles. The molecule has 0 aliphatic carbocycles. The van der Waals surface area contributed by atoms with Gasteiger partial charge in [-0.1, -0.05) is 92.1 Å². The largest absolute Gasteiger partial charge is 0.508 e. The first-order valence-corrected chi connectivity index (χ1v) is 20.1. The monoisotopic (exact) mass is 801 g/mol. The molecular formula is C46H54F3N3O6. The number of nitrogens with one attached hydrogen (secondary N) is 1. The molecule has 310 valence electrons. The molecule has 2 heterocycles. The number of phenolic OH excluding ortho intramolecular Hbond substituents is 1. The number of likely N-dealkylation sites (tertiary alicyclic amines) is 1. The first-order valence-electron chi connectivity index (χ1n) is 20.1. The second-order valence-corrected chi connectivity index (χ2v) is 15.2. The van der Waals surface area contributed by atoms with Gasteiger partial charge >= 0.3 is 12.1 Å². The van der Waals surface area contributed by atoms with Crippen LogP contribution in [0, 0.1) is 11.8 Å². The Bertz CT molecular complexity index is 1890. The summed E-state index contributed by atoms with van der Waals surface area (Å²) in [6.07, 6.45) is 4.37. The first-order chi connectivity index (χ1) is 27.9. The molecule has 0 unspecified atom stereocenters. The minimum Gasteiger partial charge on any atom is -0.508 e. The van der Waals surface area contributed by atoms with Crippen LogP contribution in [-0.4, -0.2) is 83.3 Å². The van der Waals surface area contributed by atoms with Crippen molar-refractivity contribution in [3.8, 4) is 16.9 Å². The fraction of sp³-hybridized carbons (Fsp3) is 0.413. The number of carbonyl (C=O) groups is 3. The number of piperidine rings is 2. The number of ether oxygens (including phenoxy) is 1. The fourth-order valence-corrected chi connectivity index (χ4v) is 7.51. The van der Waals surface area contributed by atoms with E-state index >= 15 is 0 Å². The van der Waals surface area contributed by atoms with Crippen LogP contribution in [0.3, 0.4) is 0 Å². The zero-order chi connectivity index (χ0) is 41.3. The molecule has 2 aliphatic heterocycles. The summed E-state index contributed by atoms with van der Waals surface area (Å²) in [5, 5.41) is 20.3. The molecule has 12 heteroatoms. The molecule has 4 aromatic rings. The topological polar surface area (TPSA) is 119 Å². The minimum absolute atomic E-state index is 0.00997. The molecule has 0 aromatic heterocycles. The Kier molecular flexibility index (Phi) is 16.7. The van der Waals surface area contributed by atoms with Gasteiger partial charge in [-0.3, -0.25) is 9.59 Å². The lowest BCUT2D eigenvalue weighted by atomic mass is 9.87. The molecule has 2 amide bonds. The van der Waals surface area contributed by atoms with Gasteiger partial charge in [-0.05, 0) is 115 Å². The van der Waals surface area contributed by atoms with E-state index in [4.69, 9.17) is 14.6 Å². The van der Waals surface area contributed by atoms with Crippen molar-refractivity contribution < 1.29 is 42.5 Å². The van der Waals surface area contributed by atoms with Crippen LogP contribution in [0.4, 0.5) is 13.2 Å². The summed E-state index contributed by atoms with van der Waals surface area (Å²) in [6.45, 7) is 5.33. The molecule has 58 heavy (non-hydrogen) atoms. The Balaban J connectivity index is 0.000000839. The summed E-state index contributed by atoms with van der Waals surface area (Å²) >= 11 is 0. The van der Waals surface area contributed by atoms with Gasteiger partial charge in [0.2, 0.25) is 5.91 Å². The average Bonchev–Trinajstić information content (AvgIpc) is 3.23. The normalized spacial score (nSPS) is 15.0. The van der Waals surface area contributed by atoms with Gasteiger partial charge in [0.05, 0.1) is 6.61 Å². The second kappa shape index (κ2) is 22.1. The van der Waals surface area contributed by atoms with Crippen molar-refractivity contribution in [1.29, 1.82) is 0 Å². The van der Waals surface area contributed by atoms with Crippen molar-refractivity contribution in [2.75, 3.05) is 39.3 Å². The standard InChI is InChI=1S/C44H53N3O4.C2HF3O2/c48-42-17-15-36(16-18-42)23-28-47(43(49)33-51-32-37-7-2-1-3-8-37)31-38-11-5-12-39(29-38)40-13-6-14-41(30-40)44(50)46-26-21-35(22-27-46)10-4-9-34-19-24-45-25-20-34;3-2(4,5)1(6)7/h1-3,5-8,11-18,29-30,34-35,45,48H,4,9-10,19-28,31-33H2;(H,6,7). The van der Waals surface area contributed by atoms with E-state index < -0.39 is 12.1 Å². The molecule has 0 saturated carbocycles. The highest BCUT2D eigenvalue weighted by Gasteiger charge is 2.38. The number of alkyl halides is 3. The van der Waals surface area contributed by atoms with Gasteiger partial charge in [0.1, 0.15) is 12.4 Å². The van der Waals surface area contributed by atoms with E-state index in [1.54, 1.807) is 12.1 Å². The van der Waals surface area contributed by atoms with E-state index in [9.17, 15) is 27.9 Å². The van der Waals surface area contributed by atoms with Crippen molar-refractivity contribution in [3.63, 3.8) is 0 Å². The Morgan fingerprint density at radius 2 is 1.36 bits per heavy atom. The van der Waals surface area contributed by atoms with Crippen molar-refractivity contribution in [2.24, 2.45) is 11.8 Å². The molecule has 0 bridgehead atoms.